The summed E-state index contributed by atoms with van der Waals surface area (Å²) in [5, 5.41) is 4.24. The van der Waals surface area contributed by atoms with Gasteiger partial charge in [0.25, 0.3) is 0 Å². The number of halogens is 1. The average Bonchev–Trinajstić information content (AvgIpc) is 3.01. The van der Waals surface area contributed by atoms with Crippen LogP contribution in [0.3, 0.4) is 0 Å². The van der Waals surface area contributed by atoms with Crippen LogP contribution in [0.1, 0.15) is 5.76 Å². The Labute approximate surface area is 145 Å². The minimum absolute atomic E-state index is 0.166. The molecule has 1 aromatic heterocycles. The van der Waals surface area contributed by atoms with E-state index in [0.717, 1.165) is 11.6 Å². The topological polar surface area (TPSA) is 75.9 Å². The smallest absolute Gasteiger partial charge is 0.243 e. The Bertz CT molecular complexity index is 829. The van der Waals surface area contributed by atoms with Gasteiger partial charge in [-0.05, 0) is 25.1 Å². The summed E-state index contributed by atoms with van der Waals surface area (Å²) >= 11 is 6.05. The number of rotatable bonds is 4. The van der Waals surface area contributed by atoms with E-state index >= 15 is 0 Å². The molecule has 0 atom stereocenters. The average molecular weight is 372 g/mol. The molecule has 1 saturated heterocycles. The highest BCUT2D eigenvalue weighted by atomic mass is 35.5. The molecule has 1 fully saturated rings. The van der Waals surface area contributed by atoms with Crippen LogP contribution in [0.4, 0.5) is 5.82 Å². The molecule has 1 aliphatic rings. The highest BCUT2D eigenvalue weighted by Gasteiger charge is 2.29. The molecule has 7 nitrogen and oxygen atoms in total. The highest BCUT2D eigenvalue weighted by Crippen LogP contribution is 2.29. The molecule has 2 aromatic rings. The van der Waals surface area contributed by atoms with Gasteiger partial charge < -0.3 is 14.2 Å². The van der Waals surface area contributed by atoms with E-state index in [0.29, 0.717) is 31.9 Å². The van der Waals surface area contributed by atoms with Crippen LogP contribution in [0.15, 0.2) is 33.7 Å². The molecule has 9 heteroatoms. The first-order chi connectivity index (χ1) is 11.4. The second-order valence-electron chi connectivity index (χ2n) is 5.48. The third-order valence-corrected chi connectivity index (χ3v) is 6.13. The number of ether oxygens (including phenoxy) is 1. The number of hydrogen-bond acceptors (Lipinski definition) is 6. The molecule has 0 unspecified atom stereocenters. The second kappa shape index (κ2) is 6.62. The number of benzene rings is 1. The third kappa shape index (κ3) is 3.22. The summed E-state index contributed by atoms with van der Waals surface area (Å²) in [6.07, 6.45) is 0. The predicted molar refractivity (Wildman–Crippen MR) is 90.2 cm³/mol. The summed E-state index contributed by atoms with van der Waals surface area (Å²) in [4.78, 5) is 2.17. The van der Waals surface area contributed by atoms with Gasteiger partial charge in [0, 0.05) is 32.2 Å². The lowest BCUT2D eigenvalue weighted by molar-refractivity contribution is 0.371. The fraction of sp³-hybridized carbons (Fsp3) is 0.400. The van der Waals surface area contributed by atoms with Crippen molar-refractivity contribution in [2.45, 2.75) is 11.8 Å². The van der Waals surface area contributed by atoms with Crippen molar-refractivity contribution >= 4 is 27.4 Å². The number of sulfonamides is 1. The molecule has 0 aliphatic carbocycles. The van der Waals surface area contributed by atoms with Gasteiger partial charge in [0.05, 0.1) is 17.0 Å². The Balaban J connectivity index is 1.74. The fourth-order valence-electron chi connectivity index (χ4n) is 2.62. The van der Waals surface area contributed by atoms with Crippen LogP contribution in [0.25, 0.3) is 0 Å². The number of aryl methyl sites for hydroxylation is 1. The summed E-state index contributed by atoms with van der Waals surface area (Å²) in [6, 6.07) is 6.33. The SMILES string of the molecule is COc1ccc(S(=O)(=O)N2CCN(c3cc(C)on3)CC2)cc1Cl. The Kier molecular flexibility index (Phi) is 4.71. The zero-order valence-corrected chi connectivity index (χ0v) is 15.0. The van der Waals surface area contributed by atoms with Crippen LogP contribution in [0.2, 0.25) is 5.02 Å². The summed E-state index contributed by atoms with van der Waals surface area (Å²) in [5.41, 5.74) is 0. The number of anilines is 1. The van der Waals surface area contributed by atoms with E-state index in [2.05, 4.69) is 5.16 Å². The molecule has 130 valence electrons. The van der Waals surface area contributed by atoms with E-state index in [1.54, 1.807) is 6.07 Å². The second-order valence-corrected chi connectivity index (χ2v) is 7.83. The zero-order chi connectivity index (χ0) is 17.3. The molecular weight excluding hydrogens is 354 g/mol. The van der Waals surface area contributed by atoms with E-state index < -0.39 is 10.0 Å². The number of hydrogen-bond donors (Lipinski definition) is 0. The minimum Gasteiger partial charge on any atom is -0.495 e. The van der Waals surface area contributed by atoms with E-state index in [4.69, 9.17) is 20.9 Å². The number of methoxy groups -OCH3 is 1. The van der Waals surface area contributed by atoms with Gasteiger partial charge in [-0.2, -0.15) is 4.31 Å². The maximum atomic E-state index is 12.8. The Morgan fingerprint density at radius 1 is 1.21 bits per heavy atom. The quantitative estimate of drug-likeness (QED) is 0.819. The number of nitrogens with zero attached hydrogens (tertiary/aromatic N) is 3. The molecule has 24 heavy (non-hydrogen) atoms. The molecule has 0 amide bonds. The van der Waals surface area contributed by atoms with Gasteiger partial charge in [-0.3, -0.25) is 0 Å². The third-order valence-electron chi connectivity index (χ3n) is 3.94. The summed E-state index contributed by atoms with van der Waals surface area (Å²) < 4.78 is 37.1. The van der Waals surface area contributed by atoms with Gasteiger partial charge in [-0.1, -0.05) is 16.8 Å². The summed E-state index contributed by atoms with van der Waals surface area (Å²) in [5.74, 6) is 1.91. The number of aromatic nitrogens is 1. The minimum atomic E-state index is -3.59. The van der Waals surface area contributed by atoms with E-state index in [1.807, 2.05) is 17.9 Å². The van der Waals surface area contributed by atoms with Crippen LogP contribution in [0, 0.1) is 6.92 Å². The molecule has 0 bridgehead atoms. The Hall–Kier alpha value is -1.77. The zero-order valence-electron chi connectivity index (χ0n) is 13.4. The molecule has 2 heterocycles. The maximum absolute atomic E-state index is 12.8. The van der Waals surface area contributed by atoms with Crippen molar-refractivity contribution in [1.29, 1.82) is 0 Å². The highest BCUT2D eigenvalue weighted by molar-refractivity contribution is 7.89. The first-order valence-electron chi connectivity index (χ1n) is 7.44. The lowest BCUT2D eigenvalue weighted by Crippen LogP contribution is -2.48. The molecule has 3 rings (SSSR count). The Morgan fingerprint density at radius 3 is 2.46 bits per heavy atom. The van der Waals surface area contributed by atoms with E-state index in [9.17, 15) is 8.42 Å². The van der Waals surface area contributed by atoms with Gasteiger partial charge >= 0.3 is 0 Å². The number of piperazine rings is 1. The Morgan fingerprint density at radius 2 is 1.92 bits per heavy atom. The van der Waals surface area contributed by atoms with Crippen molar-refractivity contribution < 1.29 is 17.7 Å². The lowest BCUT2D eigenvalue weighted by Gasteiger charge is -2.33. The van der Waals surface area contributed by atoms with Crippen LogP contribution in [0.5, 0.6) is 5.75 Å². The normalized spacial score (nSPS) is 16.4. The monoisotopic (exact) mass is 371 g/mol. The van der Waals surface area contributed by atoms with Gasteiger partial charge in [0.1, 0.15) is 11.5 Å². The molecule has 0 radical (unpaired) electrons. The first kappa shape index (κ1) is 17.1. The van der Waals surface area contributed by atoms with Crippen molar-refractivity contribution in [1.82, 2.24) is 9.46 Å². The van der Waals surface area contributed by atoms with Crippen molar-refractivity contribution in [2.24, 2.45) is 0 Å². The molecule has 1 aliphatic heterocycles. The van der Waals surface area contributed by atoms with Gasteiger partial charge in [-0.15, -0.1) is 0 Å². The molecule has 0 saturated carbocycles. The van der Waals surface area contributed by atoms with Crippen molar-refractivity contribution in [3.05, 3.63) is 35.0 Å². The standard InChI is InChI=1S/C15H18ClN3O4S/c1-11-9-15(17-23-11)18-5-7-19(8-6-18)24(20,21)12-3-4-14(22-2)13(16)10-12/h3-4,9-10H,5-8H2,1-2H3. The first-order valence-corrected chi connectivity index (χ1v) is 9.25. The van der Waals surface area contributed by atoms with Gasteiger partial charge in [0.2, 0.25) is 10.0 Å². The predicted octanol–water partition coefficient (Wildman–Crippen LogP) is 2.16. The summed E-state index contributed by atoms with van der Waals surface area (Å²) in [7, 11) is -2.10. The fourth-order valence-corrected chi connectivity index (χ4v) is 4.39. The largest absolute Gasteiger partial charge is 0.495 e. The van der Waals surface area contributed by atoms with Crippen LogP contribution < -0.4 is 9.64 Å². The lowest BCUT2D eigenvalue weighted by atomic mass is 10.3. The molecular formula is C15H18ClN3O4S. The maximum Gasteiger partial charge on any atom is 0.243 e. The van der Waals surface area contributed by atoms with E-state index in [-0.39, 0.29) is 9.92 Å². The molecule has 1 aromatic carbocycles. The van der Waals surface area contributed by atoms with Crippen LogP contribution in [-0.2, 0) is 10.0 Å². The summed E-state index contributed by atoms with van der Waals surface area (Å²) in [6.45, 7) is 3.67. The van der Waals surface area contributed by atoms with Crippen molar-refractivity contribution in [3.8, 4) is 5.75 Å². The molecule has 0 spiro atoms. The van der Waals surface area contributed by atoms with Crippen LogP contribution in [-0.4, -0.2) is 51.2 Å². The van der Waals surface area contributed by atoms with Crippen molar-refractivity contribution in [2.75, 3.05) is 38.2 Å². The van der Waals surface area contributed by atoms with Crippen LogP contribution >= 0.6 is 11.6 Å². The molecule has 0 N–H and O–H groups in total. The van der Waals surface area contributed by atoms with Gasteiger partial charge in [0.15, 0.2) is 5.82 Å². The van der Waals surface area contributed by atoms with Crippen molar-refractivity contribution in [3.63, 3.8) is 0 Å². The van der Waals surface area contributed by atoms with E-state index in [1.165, 1.54) is 23.5 Å². The van der Waals surface area contributed by atoms with Gasteiger partial charge in [-0.25, -0.2) is 8.42 Å².